The summed E-state index contributed by atoms with van der Waals surface area (Å²) in [5, 5.41) is 11.3. The maximum atomic E-state index is 12.8. The lowest BCUT2D eigenvalue weighted by Crippen LogP contribution is -2.40. The molecule has 1 aliphatic rings. The highest BCUT2D eigenvalue weighted by atomic mass is 19.4. The third-order valence-corrected chi connectivity index (χ3v) is 4.65. The molecule has 8 heteroatoms. The lowest BCUT2D eigenvalue weighted by atomic mass is 9.84. The zero-order valence-electron chi connectivity index (χ0n) is 14.8. The van der Waals surface area contributed by atoms with E-state index in [1.165, 1.54) is 37.0 Å². The molecule has 1 unspecified atom stereocenters. The van der Waals surface area contributed by atoms with Crippen molar-refractivity contribution in [1.29, 1.82) is 0 Å². The molecule has 2 aromatic rings. The number of amides is 2. The molecule has 1 aliphatic heterocycles. The summed E-state index contributed by atoms with van der Waals surface area (Å²) in [7, 11) is 4.49. The minimum Gasteiger partial charge on any atom is -0.372 e. The fraction of sp³-hybridized carbons (Fsp3) is 0.263. The molecule has 142 valence electrons. The Balaban J connectivity index is 2.23. The van der Waals surface area contributed by atoms with Gasteiger partial charge in [0.15, 0.2) is 5.60 Å². The largest absolute Gasteiger partial charge is 0.416 e. The summed E-state index contributed by atoms with van der Waals surface area (Å²) in [5.41, 5.74) is -2.68. The van der Waals surface area contributed by atoms with E-state index >= 15 is 0 Å². The van der Waals surface area contributed by atoms with E-state index in [4.69, 9.17) is 0 Å². The van der Waals surface area contributed by atoms with Gasteiger partial charge in [-0.3, -0.25) is 9.59 Å². The van der Waals surface area contributed by atoms with Crippen molar-refractivity contribution in [3.63, 3.8) is 0 Å². The summed E-state index contributed by atoms with van der Waals surface area (Å²) in [4.78, 5) is 27.9. The molecule has 5 nitrogen and oxygen atoms in total. The number of aliphatic hydroxyl groups is 1. The van der Waals surface area contributed by atoms with Crippen molar-refractivity contribution in [2.75, 3.05) is 26.0 Å². The Morgan fingerprint density at radius 1 is 1.11 bits per heavy atom. The average Bonchev–Trinajstić information content (AvgIpc) is 2.83. The van der Waals surface area contributed by atoms with Gasteiger partial charge in [-0.05, 0) is 29.8 Å². The molecule has 2 aromatic carbocycles. The monoisotopic (exact) mass is 378 g/mol. The number of benzene rings is 2. The van der Waals surface area contributed by atoms with Crippen LogP contribution in [0, 0.1) is 0 Å². The molecular weight excluding hydrogens is 361 g/mol. The predicted octanol–water partition coefficient (Wildman–Crippen LogP) is 2.62. The summed E-state index contributed by atoms with van der Waals surface area (Å²) < 4.78 is 38.5. The number of fused-ring (bicyclic) bond motifs is 1. The molecule has 3 rings (SSSR count). The first kappa shape index (κ1) is 18.9. The fourth-order valence-electron chi connectivity index (χ4n) is 3.25. The van der Waals surface area contributed by atoms with Crippen molar-refractivity contribution < 1.29 is 27.9 Å². The number of hydrogen-bond donors (Lipinski definition) is 1. The molecule has 2 amide bonds. The highest BCUT2D eigenvalue weighted by Crippen LogP contribution is 2.46. The van der Waals surface area contributed by atoms with Crippen molar-refractivity contribution >= 4 is 17.5 Å². The van der Waals surface area contributed by atoms with Gasteiger partial charge < -0.3 is 14.9 Å². The number of carbonyl (C=O) groups is 2. The highest BCUT2D eigenvalue weighted by Gasteiger charge is 2.52. The molecule has 0 fully saturated rings. The zero-order valence-corrected chi connectivity index (χ0v) is 14.8. The topological polar surface area (TPSA) is 60.9 Å². The second kappa shape index (κ2) is 6.09. The maximum Gasteiger partial charge on any atom is 0.416 e. The van der Waals surface area contributed by atoms with E-state index in [2.05, 4.69) is 0 Å². The number of halogens is 3. The SMILES string of the molecule is CN(C)C(=O)c1cccc2c1C(O)(c1ccc(C(F)(F)F)cc1)C(=O)N2C. The molecule has 0 spiro atoms. The van der Waals surface area contributed by atoms with Crippen LogP contribution in [-0.2, 0) is 16.6 Å². The van der Waals surface area contributed by atoms with Gasteiger partial charge in [-0.25, -0.2) is 0 Å². The van der Waals surface area contributed by atoms with Gasteiger partial charge in [0.1, 0.15) is 0 Å². The number of rotatable bonds is 2. The van der Waals surface area contributed by atoms with E-state index in [0.29, 0.717) is 5.69 Å². The molecule has 0 saturated carbocycles. The maximum absolute atomic E-state index is 12.8. The minimum atomic E-state index is -4.54. The van der Waals surface area contributed by atoms with Gasteiger partial charge in [0.25, 0.3) is 11.8 Å². The van der Waals surface area contributed by atoms with Crippen molar-refractivity contribution in [1.82, 2.24) is 4.90 Å². The molecule has 1 N–H and O–H groups in total. The number of carbonyl (C=O) groups excluding carboxylic acids is 2. The van der Waals surface area contributed by atoms with Crippen LogP contribution in [0.25, 0.3) is 0 Å². The second-order valence-corrected chi connectivity index (χ2v) is 6.55. The quantitative estimate of drug-likeness (QED) is 0.874. The summed E-state index contributed by atoms with van der Waals surface area (Å²) >= 11 is 0. The Bertz CT molecular complexity index is 923. The van der Waals surface area contributed by atoms with Crippen molar-refractivity contribution in [2.24, 2.45) is 0 Å². The normalized spacial score (nSPS) is 19.2. The third-order valence-electron chi connectivity index (χ3n) is 4.65. The van der Waals surface area contributed by atoms with Crippen LogP contribution in [0.5, 0.6) is 0 Å². The second-order valence-electron chi connectivity index (χ2n) is 6.55. The number of alkyl halides is 3. The van der Waals surface area contributed by atoms with Crippen LogP contribution in [-0.4, -0.2) is 43.0 Å². The van der Waals surface area contributed by atoms with Crippen molar-refractivity contribution in [2.45, 2.75) is 11.8 Å². The van der Waals surface area contributed by atoms with Gasteiger partial charge in [-0.1, -0.05) is 18.2 Å². The van der Waals surface area contributed by atoms with Gasteiger partial charge in [-0.2, -0.15) is 13.2 Å². The highest BCUT2D eigenvalue weighted by molar-refractivity contribution is 6.12. The van der Waals surface area contributed by atoms with Gasteiger partial charge in [-0.15, -0.1) is 0 Å². The van der Waals surface area contributed by atoms with E-state index in [0.717, 1.165) is 24.3 Å². The molecule has 0 aromatic heterocycles. The molecule has 27 heavy (non-hydrogen) atoms. The van der Waals surface area contributed by atoms with Crippen LogP contribution in [0.4, 0.5) is 18.9 Å². The van der Waals surface area contributed by atoms with Crippen LogP contribution < -0.4 is 4.90 Å². The van der Waals surface area contributed by atoms with Crippen LogP contribution in [0.2, 0.25) is 0 Å². The third kappa shape index (κ3) is 2.76. The van der Waals surface area contributed by atoms with Gasteiger partial charge in [0.2, 0.25) is 0 Å². The Kier molecular flexibility index (Phi) is 4.26. The lowest BCUT2D eigenvalue weighted by molar-refractivity contribution is -0.137. The lowest BCUT2D eigenvalue weighted by Gasteiger charge is -2.25. The predicted molar refractivity (Wildman–Crippen MR) is 92.3 cm³/mol. The van der Waals surface area contributed by atoms with Crippen LogP contribution in [0.3, 0.4) is 0 Å². The number of hydrogen-bond acceptors (Lipinski definition) is 3. The smallest absolute Gasteiger partial charge is 0.372 e. The number of likely N-dealkylation sites (N-methyl/N-ethyl adjacent to an activating group) is 1. The van der Waals surface area contributed by atoms with E-state index in [-0.39, 0.29) is 16.7 Å². The first-order valence-corrected chi connectivity index (χ1v) is 8.03. The molecule has 1 atom stereocenters. The zero-order chi connectivity index (χ0) is 20.1. The molecular formula is C19H17F3N2O3. The number of nitrogens with zero attached hydrogens (tertiary/aromatic N) is 2. The van der Waals surface area contributed by atoms with Crippen LogP contribution in [0.15, 0.2) is 42.5 Å². The molecule has 1 heterocycles. The fourth-order valence-corrected chi connectivity index (χ4v) is 3.25. The summed E-state index contributed by atoms with van der Waals surface area (Å²) in [5.74, 6) is -1.17. The Morgan fingerprint density at radius 2 is 1.70 bits per heavy atom. The molecule has 0 radical (unpaired) electrons. The van der Waals surface area contributed by atoms with E-state index < -0.39 is 29.2 Å². The summed E-state index contributed by atoms with van der Waals surface area (Å²) in [6.45, 7) is 0. The van der Waals surface area contributed by atoms with E-state index in [1.807, 2.05) is 0 Å². The molecule has 0 aliphatic carbocycles. The minimum absolute atomic E-state index is 0.0369. The Labute approximate surface area is 153 Å². The van der Waals surface area contributed by atoms with Gasteiger partial charge in [0, 0.05) is 32.3 Å². The van der Waals surface area contributed by atoms with E-state index in [1.54, 1.807) is 12.1 Å². The van der Waals surface area contributed by atoms with E-state index in [9.17, 15) is 27.9 Å². The summed E-state index contributed by atoms with van der Waals surface area (Å²) in [6, 6.07) is 8.34. The molecule has 0 saturated heterocycles. The first-order valence-electron chi connectivity index (χ1n) is 8.03. The molecule has 0 bridgehead atoms. The van der Waals surface area contributed by atoms with Gasteiger partial charge >= 0.3 is 6.18 Å². The van der Waals surface area contributed by atoms with Crippen molar-refractivity contribution in [3.8, 4) is 0 Å². The first-order chi connectivity index (χ1) is 12.5. The standard InChI is InChI=1S/C19H17F3N2O3/c1-23(2)16(25)13-5-4-6-14-15(13)18(27,17(26)24(14)3)11-7-9-12(10-8-11)19(20,21)22/h4-10,27H,1-3H3. The van der Waals surface area contributed by atoms with Crippen LogP contribution >= 0.6 is 0 Å². The van der Waals surface area contributed by atoms with Gasteiger partial charge in [0.05, 0.1) is 11.3 Å². The average molecular weight is 378 g/mol. The Hall–Kier alpha value is -2.87. The van der Waals surface area contributed by atoms with Crippen LogP contribution in [0.1, 0.15) is 27.0 Å². The van der Waals surface area contributed by atoms with Crippen molar-refractivity contribution in [3.05, 3.63) is 64.7 Å². The summed E-state index contributed by atoms with van der Waals surface area (Å²) in [6.07, 6.45) is -4.54. The Morgan fingerprint density at radius 3 is 2.22 bits per heavy atom. The number of anilines is 1.